The number of aliphatic hydroxyl groups is 1. The fourth-order valence-corrected chi connectivity index (χ4v) is 2.76. The van der Waals surface area contributed by atoms with Crippen LogP contribution in [0.4, 0.5) is 4.39 Å². The summed E-state index contributed by atoms with van der Waals surface area (Å²) in [5.41, 5.74) is 0.331. The number of carbonyl (C=O) groups excluding carboxylic acids is 1. The van der Waals surface area contributed by atoms with Crippen LogP contribution in [0.3, 0.4) is 0 Å². The highest BCUT2D eigenvalue weighted by Crippen LogP contribution is 2.21. The molecule has 0 bridgehead atoms. The average Bonchev–Trinajstić information content (AvgIpc) is 2.90. The van der Waals surface area contributed by atoms with Gasteiger partial charge in [-0.2, -0.15) is 0 Å². The van der Waals surface area contributed by atoms with Gasteiger partial charge < -0.3 is 5.11 Å². The molecule has 0 saturated carbocycles. The van der Waals surface area contributed by atoms with Crippen molar-refractivity contribution in [3.63, 3.8) is 0 Å². The van der Waals surface area contributed by atoms with Crippen molar-refractivity contribution in [3.05, 3.63) is 29.8 Å². The number of likely N-dealkylation sites (tertiary alicyclic amines) is 1. The number of ketones is 1. The summed E-state index contributed by atoms with van der Waals surface area (Å²) in [6.45, 7) is 1.96. The van der Waals surface area contributed by atoms with Gasteiger partial charge >= 0.3 is 0 Å². The van der Waals surface area contributed by atoms with E-state index < -0.39 is 5.82 Å². The number of aliphatic hydroxyl groups excluding tert-OH is 1. The molecule has 2 heterocycles. The zero-order chi connectivity index (χ0) is 14.4. The molecule has 1 N–H and O–H groups in total. The molecule has 0 aliphatic carbocycles. The number of hydrogen-bond donors (Lipinski definition) is 1. The Kier molecular flexibility index (Phi) is 5.61. The summed E-state index contributed by atoms with van der Waals surface area (Å²) < 4.78 is 12.7. The van der Waals surface area contributed by atoms with E-state index in [1.54, 1.807) is 0 Å². The third kappa shape index (κ3) is 4.08. The number of pyridine rings is 1. The van der Waals surface area contributed by atoms with Gasteiger partial charge in [0.05, 0.1) is 6.20 Å². The minimum Gasteiger partial charge on any atom is -0.396 e. The van der Waals surface area contributed by atoms with Crippen molar-refractivity contribution in [3.8, 4) is 0 Å². The van der Waals surface area contributed by atoms with Crippen LogP contribution in [0.15, 0.2) is 18.3 Å². The molecule has 0 spiro atoms. The van der Waals surface area contributed by atoms with Crippen molar-refractivity contribution in [2.45, 2.75) is 38.1 Å². The molecule has 1 saturated heterocycles. The second kappa shape index (κ2) is 7.45. The first-order valence-electron chi connectivity index (χ1n) is 7.20. The van der Waals surface area contributed by atoms with Gasteiger partial charge in [0.1, 0.15) is 11.5 Å². The predicted octanol–water partition coefficient (Wildman–Crippen LogP) is 2.03. The lowest BCUT2D eigenvalue weighted by Crippen LogP contribution is -2.31. The van der Waals surface area contributed by atoms with E-state index in [-0.39, 0.29) is 12.4 Å². The normalized spacial score (nSPS) is 19.4. The Bertz CT molecular complexity index is 436. The predicted molar refractivity (Wildman–Crippen MR) is 74.1 cm³/mol. The largest absolute Gasteiger partial charge is 0.396 e. The zero-order valence-corrected chi connectivity index (χ0v) is 11.6. The Balaban J connectivity index is 1.81. The zero-order valence-electron chi connectivity index (χ0n) is 11.6. The number of nitrogens with zero attached hydrogens (tertiary/aromatic N) is 2. The van der Waals surface area contributed by atoms with E-state index in [2.05, 4.69) is 9.88 Å². The first-order valence-corrected chi connectivity index (χ1v) is 7.20. The van der Waals surface area contributed by atoms with Crippen LogP contribution >= 0.6 is 0 Å². The number of halogens is 1. The van der Waals surface area contributed by atoms with Crippen molar-refractivity contribution < 1.29 is 14.3 Å². The monoisotopic (exact) mass is 280 g/mol. The topological polar surface area (TPSA) is 53.4 Å². The Morgan fingerprint density at radius 2 is 2.35 bits per heavy atom. The smallest absolute Gasteiger partial charge is 0.182 e. The summed E-state index contributed by atoms with van der Waals surface area (Å²) in [5.74, 6) is -0.469. The average molecular weight is 280 g/mol. The van der Waals surface area contributed by atoms with E-state index in [4.69, 9.17) is 5.11 Å². The van der Waals surface area contributed by atoms with E-state index in [0.717, 1.165) is 38.4 Å². The lowest BCUT2D eigenvalue weighted by molar-refractivity contribution is 0.0954. The number of Topliss-reactive ketones (excluding diaryl/α,β-unsaturated/α-hetero) is 1. The Morgan fingerprint density at radius 1 is 1.50 bits per heavy atom. The van der Waals surface area contributed by atoms with Crippen molar-refractivity contribution in [2.24, 2.45) is 0 Å². The van der Waals surface area contributed by atoms with Crippen molar-refractivity contribution >= 4 is 5.78 Å². The van der Waals surface area contributed by atoms with Crippen LogP contribution in [0, 0.1) is 5.82 Å². The molecular weight excluding hydrogens is 259 g/mol. The molecule has 4 nitrogen and oxygen atoms in total. The molecule has 0 radical (unpaired) electrons. The summed E-state index contributed by atoms with van der Waals surface area (Å²) in [4.78, 5) is 18.1. The fraction of sp³-hybridized carbons (Fsp3) is 0.600. The summed E-state index contributed by atoms with van der Waals surface area (Å²) in [7, 11) is 0. The third-order valence-corrected chi connectivity index (χ3v) is 3.83. The molecule has 1 aromatic heterocycles. The maximum Gasteiger partial charge on any atom is 0.182 e. The summed E-state index contributed by atoms with van der Waals surface area (Å²) in [6, 6.07) is 3.18. The van der Waals surface area contributed by atoms with E-state index in [1.165, 1.54) is 12.1 Å². The second-order valence-corrected chi connectivity index (χ2v) is 5.23. The molecule has 110 valence electrons. The highest BCUT2D eigenvalue weighted by molar-refractivity contribution is 5.94. The third-order valence-electron chi connectivity index (χ3n) is 3.83. The lowest BCUT2D eigenvalue weighted by Gasteiger charge is -2.23. The Morgan fingerprint density at radius 3 is 3.05 bits per heavy atom. The van der Waals surface area contributed by atoms with Gasteiger partial charge in [0.2, 0.25) is 0 Å². The molecule has 0 aromatic carbocycles. The number of hydrogen-bond acceptors (Lipinski definition) is 4. The highest BCUT2D eigenvalue weighted by Gasteiger charge is 2.24. The molecule has 1 fully saturated rings. The van der Waals surface area contributed by atoms with Crippen LogP contribution < -0.4 is 0 Å². The van der Waals surface area contributed by atoms with Gasteiger partial charge in [0.25, 0.3) is 0 Å². The van der Waals surface area contributed by atoms with Crippen LogP contribution in [-0.2, 0) is 0 Å². The van der Waals surface area contributed by atoms with Gasteiger partial charge in [-0.15, -0.1) is 0 Å². The molecule has 5 heteroatoms. The van der Waals surface area contributed by atoms with E-state index in [0.29, 0.717) is 24.7 Å². The number of carbonyl (C=O) groups is 1. The summed E-state index contributed by atoms with van der Waals surface area (Å²) in [6.07, 6.45) is 5.58. The van der Waals surface area contributed by atoms with Crippen molar-refractivity contribution in [1.82, 2.24) is 9.88 Å². The minimum absolute atomic E-state index is 0.0437. The molecule has 1 aliphatic rings. The fourth-order valence-electron chi connectivity index (χ4n) is 2.76. The Labute approximate surface area is 118 Å². The van der Waals surface area contributed by atoms with Crippen LogP contribution in [0.2, 0.25) is 0 Å². The SMILES string of the molecule is O=C(CCN1CCCC1CCCO)c1ccc(F)cn1. The van der Waals surface area contributed by atoms with Crippen LogP contribution in [0.5, 0.6) is 0 Å². The van der Waals surface area contributed by atoms with Crippen LogP contribution in [-0.4, -0.2) is 46.5 Å². The first-order chi connectivity index (χ1) is 9.70. The summed E-state index contributed by atoms with van der Waals surface area (Å²) in [5, 5.41) is 8.89. The van der Waals surface area contributed by atoms with Crippen molar-refractivity contribution in [2.75, 3.05) is 19.7 Å². The van der Waals surface area contributed by atoms with Gasteiger partial charge in [-0.3, -0.25) is 14.7 Å². The molecule has 2 rings (SSSR count). The molecule has 1 aliphatic heterocycles. The van der Waals surface area contributed by atoms with Gasteiger partial charge in [0, 0.05) is 25.6 Å². The second-order valence-electron chi connectivity index (χ2n) is 5.23. The maximum absolute atomic E-state index is 12.7. The van der Waals surface area contributed by atoms with E-state index in [9.17, 15) is 9.18 Å². The molecule has 1 atom stereocenters. The van der Waals surface area contributed by atoms with Gasteiger partial charge in [-0.25, -0.2) is 4.39 Å². The Hall–Kier alpha value is -1.33. The first kappa shape index (κ1) is 15.1. The lowest BCUT2D eigenvalue weighted by atomic mass is 10.1. The quantitative estimate of drug-likeness (QED) is 0.776. The summed E-state index contributed by atoms with van der Waals surface area (Å²) >= 11 is 0. The van der Waals surface area contributed by atoms with Crippen LogP contribution in [0.1, 0.15) is 42.6 Å². The minimum atomic E-state index is -0.426. The highest BCUT2D eigenvalue weighted by atomic mass is 19.1. The molecular formula is C15H21FN2O2. The number of rotatable bonds is 7. The molecule has 20 heavy (non-hydrogen) atoms. The standard InChI is InChI=1S/C15H21FN2O2/c16-12-5-6-14(17-11-12)15(20)7-9-18-8-1-3-13(18)4-2-10-19/h5-6,11,13,19H,1-4,7-10H2. The van der Waals surface area contributed by atoms with Gasteiger partial charge in [-0.05, 0) is 44.4 Å². The van der Waals surface area contributed by atoms with Gasteiger partial charge in [-0.1, -0.05) is 0 Å². The van der Waals surface area contributed by atoms with Crippen molar-refractivity contribution in [1.29, 1.82) is 0 Å². The number of aromatic nitrogens is 1. The van der Waals surface area contributed by atoms with Crippen LogP contribution in [0.25, 0.3) is 0 Å². The van der Waals surface area contributed by atoms with E-state index in [1.807, 2.05) is 0 Å². The maximum atomic E-state index is 12.7. The molecule has 1 unspecified atom stereocenters. The van der Waals surface area contributed by atoms with E-state index >= 15 is 0 Å². The van der Waals surface area contributed by atoms with Gasteiger partial charge in [0.15, 0.2) is 5.78 Å². The molecule has 1 aromatic rings. The molecule has 0 amide bonds.